The number of hydrogen-bond donors (Lipinski definition) is 2. The summed E-state index contributed by atoms with van der Waals surface area (Å²) in [6.07, 6.45) is 4.62. The van der Waals surface area contributed by atoms with Gasteiger partial charge in [0, 0.05) is 24.5 Å². The van der Waals surface area contributed by atoms with Crippen molar-refractivity contribution in [3.8, 4) is 5.75 Å². The predicted octanol–water partition coefficient (Wildman–Crippen LogP) is 4.72. The number of aromatic hydroxyl groups is 1. The van der Waals surface area contributed by atoms with E-state index in [9.17, 15) is 18.3 Å². The average molecular weight is 439 g/mol. The van der Waals surface area contributed by atoms with Gasteiger partial charge in [0.05, 0.1) is 5.69 Å². The summed E-state index contributed by atoms with van der Waals surface area (Å²) in [4.78, 5) is 11.1. The number of rotatable bonds is 1. The van der Waals surface area contributed by atoms with Gasteiger partial charge in [-0.05, 0) is 80.2 Å². The molecule has 2 N–H and O–H groups in total. The number of alkyl halides is 3. The standard InChI is InChI=1S/C22H32N2O.C2HF3O/c1-15-5-10-24(11-6-15)20-13-16-12-19-17-4-2-3-7-22(17,8-9-23-19)18(16)14-21(20)25;3-2(4,5)1-6/h13-15,17,19,23,25H,2-12H2,1H3;1H/t17-,19+,22+;/m1./s1. The monoisotopic (exact) mass is 438 g/mol. The lowest BCUT2D eigenvalue weighted by atomic mass is 9.53. The Morgan fingerprint density at radius 1 is 1.16 bits per heavy atom. The molecular formula is C24H33F3N2O2. The summed E-state index contributed by atoms with van der Waals surface area (Å²) in [6.45, 7) is 5.67. The third-order valence-corrected chi connectivity index (χ3v) is 8.00. The molecule has 0 radical (unpaired) electrons. The van der Waals surface area contributed by atoms with E-state index in [0.29, 0.717) is 17.2 Å². The van der Waals surface area contributed by atoms with Gasteiger partial charge in [0.15, 0.2) is 0 Å². The van der Waals surface area contributed by atoms with Crippen LogP contribution in [0.1, 0.15) is 63.0 Å². The number of nitrogens with zero attached hydrogens (tertiary/aromatic N) is 1. The number of phenolic OH excluding ortho intramolecular Hbond substituents is 1. The highest BCUT2D eigenvalue weighted by Gasteiger charge is 2.51. The van der Waals surface area contributed by atoms with Crippen LogP contribution in [0.2, 0.25) is 0 Å². The molecule has 2 bridgehead atoms. The minimum atomic E-state index is -4.64. The summed E-state index contributed by atoms with van der Waals surface area (Å²) >= 11 is 0. The zero-order chi connectivity index (χ0) is 22.2. The van der Waals surface area contributed by atoms with Crippen molar-refractivity contribution in [3.05, 3.63) is 23.3 Å². The molecule has 31 heavy (non-hydrogen) atoms. The molecule has 5 rings (SSSR count). The summed E-state index contributed by atoms with van der Waals surface area (Å²) in [7, 11) is 0. The molecular weight excluding hydrogens is 405 g/mol. The van der Waals surface area contributed by atoms with Crippen LogP contribution < -0.4 is 10.2 Å². The Bertz CT molecular complexity index is 801. The minimum absolute atomic E-state index is 0.341. The summed E-state index contributed by atoms with van der Waals surface area (Å²) in [5.41, 5.74) is 4.45. The Balaban J connectivity index is 0.000000342. The van der Waals surface area contributed by atoms with Gasteiger partial charge in [0.1, 0.15) is 5.75 Å². The van der Waals surface area contributed by atoms with Crippen LogP contribution >= 0.6 is 0 Å². The second kappa shape index (κ2) is 8.64. The molecule has 2 heterocycles. The van der Waals surface area contributed by atoms with Crippen molar-refractivity contribution in [2.45, 2.75) is 75.9 Å². The summed E-state index contributed by atoms with van der Waals surface area (Å²) < 4.78 is 31.2. The van der Waals surface area contributed by atoms with Crippen LogP contribution in [0.25, 0.3) is 0 Å². The predicted molar refractivity (Wildman–Crippen MR) is 115 cm³/mol. The first-order chi connectivity index (χ1) is 14.7. The number of carbonyl (C=O) groups excluding carboxylic acids is 1. The smallest absolute Gasteiger partial charge is 0.446 e. The Hall–Kier alpha value is -1.76. The van der Waals surface area contributed by atoms with Crippen molar-refractivity contribution in [2.75, 3.05) is 24.5 Å². The molecule has 0 aromatic heterocycles. The number of piperidine rings is 2. The van der Waals surface area contributed by atoms with Gasteiger partial charge < -0.3 is 15.3 Å². The van der Waals surface area contributed by atoms with Gasteiger partial charge in [-0.3, -0.25) is 4.79 Å². The highest BCUT2D eigenvalue weighted by Crippen LogP contribution is 2.55. The zero-order valence-electron chi connectivity index (χ0n) is 18.2. The summed E-state index contributed by atoms with van der Waals surface area (Å²) in [5, 5.41) is 14.7. The highest BCUT2D eigenvalue weighted by atomic mass is 19.4. The van der Waals surface area contributed by atoms with Crippen LogP contribution in [-0.4, -0.2) is 43.2 Å². The van der Waals surface area contributed by atoms with Crippen LogP contribution in [0.3, 0.4) is 0 Å². The maximum absolute atomic E-state index is 10.9. The first kappa shape index (κ1) is 22.4. The van der Waals surface area contributed by atoms with Gasteiger partial charge in [0.2, 0.25) is 6.29 Å². The van der Waals surface area contributed by atoms with Crippen molar-refractivity contribution >= 4 is 12.0 Å². The van der Waals surface area contributed by atoms with Gasteiger partial charge in [-0.2, -0.15) is 13.2 Å². The van der Waals surface area contributed by atoms with E-state index in [4.69, 9.17) is 4.79 Å². The number of anilines is 1. The zero-order valence-corrected chi connectivity index (χ0v) is 18.2. The molecule has 0 unspecified atom stereocenters. The molecule has 4 aliphatic rings. The van der Waals surface area contributed by atoms with E-state index >= 15 is 0 Å². The molecule has 0 spiro atoms. The van der Waals surface area contributed by atoms with Gasteiger partial charge in [-0.15, -0.1) is 0 Å². The van der Waals surface area contributed by atoms with Gasteiger partial charge in [-0.1, -0.05) is 19.8 Å². The van der Waals surface area contributed by atoms with E-state index < -0.39 is 12.5 Å². The maximum atomic E-state index is 10.9. The maximum Gasteiger partial charge on any atom is 0.446 e. The summed E-state index contributed by atoms with van der Waals surface area (Å²) in [5.74, 6) is 2.13. The number of benzene rings is 1. The second-order valence-corrected chi connectivity index (χ2v) is 9.85. The first-order valence-electron chi connectivity index (χ1n) is 11.6. The second-order valence-electron chi connectivity index (χ2n) is 9.85. The van der Waals surface area contributed by atoms with E-state index in [1.807, 2.05) is 0 Å². The van der Waals surface area contributed by atoms with Crippen LogP contribution in [-0.2, 0) is 16.6 Å². The molecule has 2 aliphatic heterocycles. The van der Waals surface area contributed by atoms with Crippen LogP contribution in [0, 0.1) is 11.8 Å². The van der Waals surface area contributed by atoms with Crippen LogP contribution in [0.5, 0.6) is 5.75 Å². The average Bonchev–Trinajstić information content (AvgIpc) is 2.75. The van der Waals surface area contributed by atoms with Crippen molar-refractivity contribution in [1.82, 2.24) is 5.32 Å². The highest BCUT2D eigenvalue weighted by molar-refractivity contribution is 5.64. The molecule has 4 nitrogen and oxygen atoms in total. The Morgan fingerprint density at radius 2 is 1.87 bits per heavy atom. The molecule has 2 aliphatic carbocycles. The molecule has 7 heteroatoms. The fourth-order valence-electron chi connectivity index (χ4n) is 6.46. The number of hydrogen-bond acceptors (Lipinski definition) is 4. The number of nitrogens with one attached hydrogen (secondary N) is 1. The largest absolute Gasteiger partial charge is 0.506 e. The molecule has 0 amide bonds. The lowest BCUT2D eigenvalue weighted by molar-refractivity contribution is -0.156. The van der Waals surface area contributed by atoms with E-state index in [1.165, 1.54) is 56.1 Å². The molecule has 3 fully saturated rings. The quantitative estimate of drug-likeness (QED) is 0.623. The Labute approximate surface area is 182 Å². The molecule has 1 saturated carbocycles. The number of fused-ring (bicyclic) bond motifs is 1. The summed E-state index contributed by atoms with van der Waals surface area (Å²) in [6, 6.07) is 5.19. The van der Waals surface area contributed by atoms with Crippen LogP contribution in [0.4, 0.5) is 18.9 Å². The fourth-order valence-corrected chi connectivity index (χ4v) is 6.46. The minimum Gasteiger partial charge on any atom is -0.506 e. The van der Waals surface area contributed by atoms with Crippen LogP contribution in [0.15, 0.2) is 12.1 Å². The number of phenols is 1. The van der Waals surface area contributed by atoms with E-state index in [-0.39, 0.29) is 0 Å². The SMILES string of the molecule is CC1CCN(c2cc3c(cc2O)[C@]24CCCC[C@@H]2[C@H](C3)NCC4)CC1.O=CC(F)(F)F. The number of halogens is 3. The van der Waals surface area contributed by atoms with Crippen molar-refractivity contribution < 1.29 is 23.1 Å². The lowest BCUT2D eigenvalue weighted by Gasteiger charge is -2.56. The molecule has 1 aromatic carbocycles. The molecule has 172 valence electrons. The van der Waals surface area contributed by atoms with Crippen molar-refractivity contribution in [2.24, 2.45) is 11.8 Å². The van der Waals surface area contributed by atoms with Crippen molar-refractivity contribution in [3.63, 3.8) is 0 Å². The third-order valence-electron chi connectivity index (χ3n) is 8.00. The lowest BCUT2D eigenvalue weighted by Crippen LogP contribution is -2.59. The normalized spacial score (nSPS) is 30.5. The van der Waals surface area contributed by atoms with E-state index in [1.54, 1.807) is 0 Å². The van der Waals surface area contributed by atoms with E-state index in [0.717, 1.165) is 43.6 Å². The third kappa shape index (κ3) is 4.43. The molecule has 2 saturated heterocycles. The van der Waals surface area contributed by atoms with E-state index in [2.05, 4.69) is 29.3 Å². The van der Waals surface area contributed by atoms with Gasteiger partial charge >= 0.3 is 6.18 Å². The Kier molecular flexibility index (Phi) is 6.25. The number of aldehydes is 1. The van der Waals surface area contributed by atoms with Gasteiger partial charge in [-0.25, -0.2) is 0 Å². The fraction of sp³-hybridized carbons (Fsp3) is 0.708. The topological polar surface area (TPSA) is 52.6 Å². The molecule has 1 aromatic rings. The molecule has 3 atom stereocenters. The number of carbonyl (C=O) groups is 1. The van der Waals surface area contributed by atoms with Gasteiger partial charge in [0.25, 0.3) is 0 Å². The Morgan fingerprint density at radius 3 is 2.55 bits per heavy atom. The first-order valence-corrected chi connectivity index (χ1v) is 11.6. The van der Waals surface area contributed by atoms with Crippen molar-refractivity contribution in [1.29, 1.82) is 0 Å².